The summed E-state index contributed by atoms with van der Waals surface area (Å²) in [7, 11) is 0. The van der Waals surface area contributed by atoms with Crippen LogP contribution in [0.2, 0.25) is 0 Å². The number of nitrogens with zero attached hydrogens (tertiary/aromatic N) is 6. The highest BCUT2D eigenvalue weighted by Crippen LogP contribution is 2.46. The first kappa shape index (κ1) is 75.2. The maximum Gasteiger partial charge on any atom is 0.0541 e. The molecule has 0 unspecified atom stereocenters. The lowest BCUT2D eigenvalue weighted by molar-refractivity contribution is 1.18. The summed E-state index contributed by atoms with van der Waals surface area (Å²) in [6.45, 7) is 0. The van der Waals surface area contributed by atoms with Gasteiger partial charge in [-0.05, 0) is 225 Å². The first-order valence-electron chi connectivity index (χ1n) is 44.7. The van der Waals surface area contributed by atoms with Crippen LogP contribution in [0.1, 0.15) is 0 Å². The minimum absolute atomic E-state index is 1.17. The predicted molar refractivity (Wildman–Crippen MR) is 550 cm³/mol. The van der Waals surface area contributed by atoms with E-state index < -0.39 is 0 Å². The first-order valence-corrected chi connectivity index (χ1v) is 44.7. The fourth-order valence-electron chi connectivity index (χ4n) is 20.7. The number of aromatic nitrogens is 6. The highest BCUT2D eigenvalue weighted by Gasteiger charge is 2.23. The van der Waals surface area contributed by atoms with Gasteiger partial charge in [0, 0.05) is 98.3 Å². The standard InChI is InChI=1S/2C42H28N2.C40H26N2/c1-3-13-29(14-4-1)33-17-7-10-20-38(33)44-40-22-12-9-19-35(40)37-28-31(24-26-42(37)44)30-23-25-41-36(27-30)34-18-8-11-21-39(34)43(41)32-15-5-2-6-16-32;1-3-12-29(13-4-1)30-14-11-17-34(26-30)44-40-21-10-8-19-36(40)38-28-32(23-25-42(38)44)31-22-24-41-37(27-31)35-18-7-9-20-39(35)43(41)33-15-5-2-6-16-33;1-2-13-30(14-3-1)41-37-18-8-6-16-32(37)34-25-28(21-23-39(34)41)29-22-24-40-35(26-29)33-17-7-9-19-38(33)42(40)36-20-10-12-27-11-4-5-15-31(27)36/h2*1-28H;1-26H. The summed E-state index contributed by atoms with van der Waals surface area (Å²) < 4.78 is 14.4. The maximum absolute atomic E-state index is 2.42. The molecule has 0 aliphatic rings. The summed E-state index contributed by atoms with van der Waals surface area (Å²) in [4.78, 5) is 0. The van der Waals surface area contributed by atoms with Crippen molar-refractivity contribution in [3.63, 3.8) is 0 Å². The van der Waals surface area contributed by atoms with E-state index in [1.54, 1.807) is 0 Å². The molecular formula is C124H82N6. The topological polar surface area (TPSA) is 29.6 Å². The number of fused-ring (bicyclic) bond motifs is 19. The van der Waals surface area contributed by atoms with E-state index in [1.165, 1.54) is 231 Å². The molecule has 0 aliphatic carbocycles. The molecule has 0 fully saturated rings. The van der Waals surface area contributed by atoms with Crippen molar-refractivity contribution in [1.29, 1.82) is 0 Å². The lowest BCUT2D eigenvalue weighted by atomic mass is 10.0. The molecule has 0 saturated heterocycles. The second kappa shape index (κ2) is 31.4. The Morgan fingerprint density at radius 3 is 0.700 bits per heavy atom. The van der Waals surface area contributed by atoms with Gasteiger partial charge in [-0.1, -0.05) is 328 Å². The molecule has 6 heteroatoms. The van der Waals surface area contributed by atoms with Crippen molar-refractivity contribution < 1.29 is 0 Å². The molecule has 6 nitrogen and oxygen atoms in total. The minimum atomic E-state index is 1.17. The van der Waals surface area contributed by atoms with E-state index in [0.29, 0.717) is 0 Å². The minimum Gasteiger partial charge on any atom is -0.309 e. The number of hydrogen-bond donors (Lipinski definition) is 0. The highest BCUT2D eigenvalue weighted by atomic mass is 15.0. The third-order valence-electron chi connectivity index (χ3n) is 26.5. The molecule has 27 aromatic rings. The second-order valence-corrected chi connectivity index (χ2v) is 33.8. The molecule has 0 atom stereocenters. The zero-order valence-corrected chi connectivity index (χ0v) is 71.0. The predicted octanol–water partition coefficient (Wildman–Crippen LogP) is 33.1. The summed E-state index contributed by atoms with van der Waals surface area (Å²) in [6.07, 6.45) is 0. The van der Waals surface area contributed by atoms with Crippen LogP contribution >= 0.6 is 0 Å². The van der Waals surface area contributed by atoms with Crippen molar-refractivity contribution in [1.82, 2.24) is 27.4 Å². The van der Waals surface area contributed by atoms with E-state index in [2.05, 4.69) is 525 Å². The lowest BCUT2D eigenvalue weighted by Gasteiger charge is -2.14. The Labute approximate surface area is 751 Å². The van der Waals surface area contributed by atoms with Crippen molar-refractivity contribution in [2.75, 3.05) is 0 Å². The van der Waals surface area contributed by atoms with Gasteiger partial charge >= 0.3 is 0 Å². The Hall–Kier alpha value is -17.3. The van der Waals surface area contributed by atoms with Gasteiger partial charge in [0.25, 0.3) is 0 Å². The lowest BCUT2D eigenvalue weighted by Crippen LogP contribution is -1.97. The van der Waals surface area contributed by atoms with E-state index in [1.807, 2.05) is 0 Å². The zero-order chi connectivity index (χ0) is 85.7. The number of para-hydroxylation sites is 10. The van der Waals surface area contributed by atoms with Gasteiger partial charge in [-0.25, -0.2) is 0 Å². The van der Waals surface area contributed by atoms with Gasteiger partial charge in [0.15, 0.2) is 0 Å². The van der Waals surface area contributed by atoms with Gasteiger partial charge in [-0.3, -0.25) is 0 Å². The molecule has 0 aliphatic heterocycles. The highest BCUT2D eigenvalue weighted by molar-refractivity contribution is 6.18. The van der Waals surface area contributed by atoms with Gasteiger partial charge in [0.2, 0.25) is 0 Å². The summed E-state index contributed by atoms with van der Waals surface area (Å²) >= 11 is 0. The molecule has 21 aromatic carbocycles. The van der Waals surface area contributed by atoms with E-state index in [-0.39, 0.29) is 0 Å². The molecule has 0 amide bonds. The van der Waals surface area contributed by atoms with E-state index in [4.69, 9.17) is 0 Å². The Bertz CT molecular complexity index is 9090. The fourth-order valence-corrected chi connectivity index (χ4v) is 20.7. The summed E-state index contributed by atoms with van der Waals surface area (Å²) in [5.41, 5.74) is 33.9. The Morgan fingerprint density at radius 1 is 0.108 bits per heavy atom. The summed E-state index contributed by atoms with van der Waals surface area (Å²) in [5, 5.41) is 17.7. The van der Waals surface area contributed by atoms with Gasteiger partial charge < -0.3 is 27.4 Å². The Balaban J connectivity index is 0.000000105. The van der Waals surface area contributed by atoms with Crippen LogP contribution in [-0.4, -0.2) is 27.4 Å². The van der Waals surface area contributed by atoms with Crippen molar-refractivity contribution in [2.24, 2.45) is 0 Å². The van der Waals surface area contributed by atoms with Gasteiger partial charge in [0.1, 0.15) is 0 Å². The van der Waals surface area contributed by atoms with Crippen LogP contribution in [0, 0.1) is 0 Å². The third-order valence-corrected chi connectivity index (χ3v) is 26.5. The van der Waals surface area contributed by atoms with Gasteiger partial charge in [-0.15, -0.1) is 0 Å². The molecule has 6 heterocycles. The second-order valence-electron chi connectivity index (χ2n) is 33.8. The third kappa shape index (κ3) is 12.6. The van der Waals surface area contributed by atoms with Crippen molar-refractivity contribution in [2.45, 2.75) is 0 Å². The van der Waals surface area contributed by atoms with Crippen LogP contribution in [0.3, 0.4) is 0 Å². The van der Waals surface area contributed by atoms with Gasteiger partial charge in [-0.2, -0.15) is 0 Å². The molecule has 608 valence electrons. The molecule has 0 spiro atoms. The number of hydrogen-bond acceptors (Lipinski definition) is 0. The van der Waals surface area contributed by atoms with Crippen LogP contribution in [-0.2, 0) is 0 Å². The quantitative estimate of drug-likeness (QED) is 0.124. The zero-order valence-electron chi connectivity index (χ0n) is 71.0. The molecule has 0 radical (unpaired) electrons. The first-order chi connectivity index (χ1) is 64.5. The maximum atomic E-state index is 2.42. The van der Waals surface area contributed by atoms with Crippen LogP contribution in [0.4, 0.5) is 0 Å². The van der Waals surface area contributed by atoms with Gasteiger partial charge in [0.05, 0.1) is 77.6 Å². The van der Waals surface area contributed by atoms with Crippen LogP contribution < -0.4 is 0 Å². The Kier molecular flexibility index (Phi) is 18.2. The monoisotopic (exact) mass is 1650 g/mol. The average Bonchev–Trinajstić information content (AvgIpc) is 1.55. The number of rotatable bonds is 11. The van der Waals surface area contributed by atoms with Crippen molar-refractivity contribution in [3.8, 4) is 89.8 Å². The van der Waals surface area contributed by atoms with Crippen LogP contribution in [0.25, 0.3) is 231 Å². The number of benzene rings is 21. The molecule has 0 saturated carbocycles. The Morgan fingerprint density at radius 2 is 0.331 bits per heavy atom. The summed E-state index contributed by atoms with van der Waals surface area (Å²) in [5.74, 6) is 0. The molecule has 0 N–H and O–H groups in total. The average molecular weight is 1660 g/mol. The van der Waals surface area contributed by atoms with Crippen LogP contribution in [0.5, 0.6) is 0 Å². The molecule has 130 heavy (non-hydrogen) atoms. The molecule has 6 aromatic heterocycles. The van der Waals surface area contributed by atoms with E-state index in [9.17, 15) is 0 Å². The summed E-state index contributed by atoms with van der Waals surface area (Å²) in [6, 6.07) is 180. The molecule has 27 rings (SSSR count). The van der Waals surface area contributed by atoms with Crippen molar-refractivity contribution in [3.05, 3.63) is 497 Å². The normalized spacial score (nSPS) is 11.7. The largest absolute Gasteiger partial charge is 0.309 e. The van der Waals surface area contributed by atoms with E-state index >= 15 is 0 Å². The smallest absolute Gasteiger partial charge is 0.0541 e. The SMILES string of the molecule is c1ccc(-c2cccc(-n3c4ccccc4c4cc(-c5ccc6c(c5)c5ccccc5n6-c5ccccc5)ccc43)c2)cc1.c1ccc(-c2ccccc2-n2c3ccccc3c3cc(-c4ccc5c(c4)c4ccccc4n5-c4ccccc4)ccc32)cc1.c1ccc(-n2c3ccccc3c3cc(-c4ccc5c(c4)c4ccccc4n5-c4cccc5ccccc45)ccc32)cc1. The van der Waals surface area contributed by atoms with E-state index in [0.717, 1.165) is 0 Å². The molecule has 0 bridgehead atoms. The van der Waals surface area contributed by atoms with Crippen molar-refractivity contribution >= 4 is 142 Å². The fraction of sp³-hybridized carbons (Fsp3) is 0. The molecular weight excluding hydrogens is 1570 g/mol. The van der Waals surface area contributed by atoms with Crippen LogP contribution in [0.15, 0.2) is 497 Å².